The number of rotatable bonds is 8. The third-order valence-corrected chi connectivity index (χ3v) is 8.20. The van der Waals surface area contributed by atoms with Gasteiger partial charge in [0.05, 0.1) is 17.9 Å². The van der Waals surface area contributed by atoms with Crippen LogP contribution in [0.2, 0.25) is 0 Å². The van der Waals surface area contributed by atoms with E-state index in [0.29, 0.717) is 35.8 Å². The summed E-state index contributed by atoms with van der Waals surface area (Å²) >= 11 is 0. The first-order chi connectivity index (χ1) is 18.4. The van der Waals surface area contributed by atoms with Gasteiger partial charge < -0.3 is 14.0 Å². The van der Waals surface area contributed by atoms with E-state index in [9.17, 15) is 9.18 Å². The van der Waals surface area contributed by atoms with E-state index in [2.05, 4.69) is 26.4 Å². The highest BCUT2D eigenvalue weighted by atomic mass is 19.1. The third-order valence-electron chi connectivity index (χ3n) is 8.20. The predicted octanol–water partition coefficient (Wildman–Crippen LogP) is 5.73. The molecule has 8 nitrogen and oxygen atoms in total. The van der Waals surface area contributed by atoms with Gasteiger partial charge >= 0.3 is 6.01 Å². The fourth-order valence-electron chi connectivity index (χ4n) is 6.17. The van der Waals surface area contributed by atoms with Crippen molar-refractivity contribution in [1.82, 2.24) is 24.5 Å². The number of aryl methyl sites for hydroxylation is 2. The van der Waals surface area contributed by atoms with Crippen LogP contribution in [0.4, 0.5) is 4.39 Å². The Balaban J connectivity index is 1.27. The van der Waals surface area contributed by atoms with Crippen LogP contribution in [-0.2, 0) is 23.3 Å². The van der Waals surface area contributed by atoms with Gasteiger partial charge in [-0.3, -0.25) is 14.8 Å². The molecule has 0 unspecified atom stereocenters. The number of halogens is 1. The van der Waals surface area contributed by atoms with E-state index in [1.165, 1.54) is 18.3 Å². The summed E-state index contributed by atoms with van der Waals surface area (Å²) in [6.45, 7) is 5.09. The lowest BCUT2D eigenvalue weighted by Gasteiger charge is -2.52. The zero-order chi connectivity index (χ0) is 26.3. The molecule has 0 radical (unpaired) electrons. The van der Waals surface area contributed by atoms with Gasteiger partial charge in [-0.25, -0.2) is 9.37 Å². The Kier molecular flexibility index (Phi) is 6.26. The van der Waals surface area contributed by atoms with Gasteiger partial charge in [0.15, 0.2) is 11.2 Å². The molecule has 3 fully saturated rings. The average Bonchev–Trinajstić information content (AvgIpc) is 3.28. The highest BCUT2D eigenvalue weighted by molar-refractivity contribution is 5.71. The molecule has 3 aliphatic carbocycles. The molecule has 0 atom stereocenters. The molecule has 2 bridgehead atoms. The Bertz CT molecular complexity index is 1520. The van der Waals surface area contributed by atoms with Crippen molar-refractivity contribution in [2.75, 3.05) is 0 Å². The Morgan fingerprint density at radius 2 is 1.87 bits per heavy atom. The van der Waals surface area contributed by atoms with Gasteiger partial charge in [-0.1, -0.05) is 19.1 Å². The van der Waals surface area contributed by atoms with E-state index in [4.69, 9.17) is 14.5 Å². The van der Waals surface area contributed by atoms with Crippen LogP contribution in [0.25, 0.3) is 11.2 Å². The minimum atomic E-state index is -0.298. The summed E-state index contributed by atoms with van der Waals surface area (Å²) < 4.78 is 27.9. The van der Waals surface area contributed by atoms with Crippen LogP contribution in [0.15, 0.2) is 47.4 Å². The van der Waals surface area contributed by atoms with Crippen LogP contribution in [-0.4, -0.2) is 30.1 Å². The molecular formula is C29H32FN5O3. The van der Waals surface area contributed by atoms with Crippen LogP contribution in [0, 0.1) is 12.7 Å². The maximum Gasteiger partial charge on any atom is 0.304 e. The summed E-state index contributed by atoms with van der Waals surface area (Å²) in [5, 5.41) is 0. The van der Waals surface area contributed by atoms with Crippen LogP contribution in [0.3, 0.4) is 0 Å². The number of aromatic nitrogens is 5. The SMILES string of the molecule is CCCn1c(C23CCC(OCc4cc(F)ccn4)(CC2)CC3)nc2nc(Oc3cccc(C)c3)[nH]c(=O)c21. The summed E-state index contributed by atoms with van der Waals surface area (Å²) in [4.78, 5) is 29.9. The number of aromatic amines is 1. The number of nitrogens with zero attached hydrogens (tertiary/aromatic N) is 4. The van der Waals surface area contributed by atoms with Gasteiger partial charge in [-0.05, 0) is 81.7 Å². The molecule has 3 aliphatic rings. The zero-order valence-electron chi connectivity index (χ0n) is 21.8. The minimum Gasteiger partial charge on any atom is -0.426 e. The number of pyridine rings is 1. The second-order valence-electron chi connectivity index (χ2n) is 10.8. The second-order valence-corrected chi connectivity index (χ2v) is 10.8. The maximum absolute atomic E-state index is 13.6. The number of benzene rings is 1. The fraction of sp³-hybridized carbons (Fsp3) is 0.448. The van der Waals surface area contributed by atoms with Crippen LogP contribution < -0.4 is 10.3 Å². The van der Waals surface area contributed by atoms with Crippen molar-refractivity contribution in [3.05, 3.63) is 75.8 Å². The summed E-state index contributed by atoms with van der Waals surface area (Å²) in [6.07, 6.45) is 7.78. The van der Waals surface area contributed by atoms with Crippen molar-refractivity contribution in [2.24, 2.45) is 0 Å². The van der Waals surface area contributed by atoms with Gasteiger partial charge in [0.25, 0.3) is 5.56 Å². The maximum atomic E-state index is 13.6. The molecular weight excluding hydrogens is 485 g/mol. The monoisotopic (exact) mass is 517 g/mol. The van der Waals surface area contributed by atoms with Crippen molar-refractivity contribution in [3.8, 4) is 11.8 Å². The van der Waals surface area contributed by atoms with E-state index in [0.717, 1.165) is 56.3 Å². The number of fused-ring (bicyclic) bond motifs is 4. The summed E-state index contributed by atoms with van der Waals surface area (Å²) in [5.41, 5.74) is 2.01. The molecule has 0 aliphatic heterocycles. The zero-order valence-corrected chi connectivity index (χ0v) is 21.8. The molecule has 4 aromatic rings. The topological polar surface area (TPSA) is 94.9 Å². The molecule has 9 heteroatoms. The first kappa shape index (κ1) is 24.7. The number of hydrogen-bond donors (Lipinski definition) is 1. The lowest BCUT2D eigenvalue weighted by Crippen LogP contribution is -2.50. The summed E-state index contributed by atoms with van der Waals surface area (Å²) in [5.74, 6) is 1.26. The lowest BCUT2D eigenvalue weighted by molar-refractivity contribution is -0.129. The Labute approximate surface area is 220 Å². The summed E-state index contributed by atoms with van der Waals surface area (Å²) in [7, 11) is 0. The Morgan fingerprint density at radius 3 is 2.58 bits per heavy atom. The molecule has 0 saturated heterocycles. The standard InChI is InChI=1S/C29H32FN5O3/c1-3-15-35-23-24(33-27(34-25(23)36)38-22-6-4-5-19(2)16-22)32-26(35)28-8-11-29(12-9-28,13-10-28)37-18-21-17-20(30)7-14-31-21/h4-7,14,16-17H,3,8-13,15,18H2,1-2H3,(H,33,34,36). The van der Waals surface area contributed by atoms with E-state index in [1.54, 1.807) is 0 Å². The molecule has 1 aromatic carbocycles. The minimum absolute atomic E-state index is 0.123. The molecule has 198 valence electrons. The molecule has 7 rings (SSSR count). The molecule has 3 heterocycles. The fourth-order valence-corrected chi connectivity index (χ4v) is 6.17. The Morgan fingerprint density at radius 1 is 1.08 bits per heavy atom. The van der Waals surface area contributed by atoms with Crippen LogP contribution in [0.1, 0.15) is 69.0 Å². The normalized spacial score (nSPS) is 22.7. The highest BCUT2D eigenvalue weighted by Crippen LogP contribution is 2.55. The molecule has 3 aromatic heterocycles. The van der Waals surface area contributed by atoms with Crippen molar-refractivity contribution in [3.63, 3.8) is 0 Å². The molecule has 1 N–H and O–H groups in total. The summed E-state index contributed by atoms with van der Waals surface area (Å²) in [6, 6.07) is 10.5. The largest absolute Gasteiger partial charge is 0.426 e. The van der Waals surface area contributed by atoms with E-state index in [1.807, 2.05) is 31.2 Å². The van der Waals surface area contributed by atoms with Crippen molar-refractivity contribution in [2.45, 2.75) is 83.0 Å². The number of imidazole rings is 1. The lowest BCUT2D eigenvalue weighted by atomic mass is 9.58. The Hall–Kier alpha value is -3.59. The van der Waals surface area contributed by atoms with Crippen molar-refractivity contribution < 1.29 is 13.9 Å². The molecule has 38 heavy (non-hydrogen) atoms. The predicted molar refractivity (Wildman–Crippen MR) is 141 cm³/mol. The van der Waals surface area contributed by atoms with Crippen molar-refractivity contribution >= 4 is 11.2 Å². The van der Waals surface area contributed by atoms with Gasteiger partial charge in [0, 0.05) is 18.2 Å². The quantitative estimate of drug-likeness (QED) is 0.321. The van der Waals surface area contributed by atoms with Crippen LogP contribution in [0.5, 0.6) is 11.8 Å². The van der Waals surface area contributed by atoms with Crippen LogP contribution >= 0.6 is 0 Å². The molecule has 0 amide bonds. The van der Waals surface area contributed by atoms with E-state index >= 15 is 0 Å². The van der Waals surface area contributed by atoms with Gasteiger partial charge in [0.2, 0.25) is 0 Å². The number of nitrogens with one attached hydrogen (secondary N) is 1. The average molecular weight is 518 g/mol. The van der Waals surface area contributed by atoms with Gasteiger partial charge in [-0.15, -0.1) is 0 Å². The van der Waals surface area contributed by atoms with E-state index < -0.39 is 0 Å². The van der Waals surface area contributed by atoms with Gasteiger partial charge in [-0.2, -0.15) is 4.98 Å². The second kappa shape index (κ2) is 9.62. The van der Waals surface area contributed by atoms with Crippen molar-refractivity contribution in [1.29, 1.82) is 0 Å². The molecule has 3 saturated carbocycles. The number of H-pyrrole nitrogens is 1. The molecule has 0 spiro atoms. The van der Waals surface area contributed by atoms with E-state index in [-0.39, 0.29) is 28.4 Å². The smallest absolute Gasteiger partial charge is 0.304 e. The van der Waals surface area contributed by atoms with Gasteiger partial charge in [0.1, 0.15) is 17.4 Å². The number of ether oxygens (including phenoxy) is 2. The third kappa shape index (κ3) is 4.49. The highest BCUT2D eigenvalue weighted by Gasteiger charge is 2.52. The number of hydrogen-bond acceptors (Lipinski definition) is 6. The first-order valence-electron chi connectivity index (χ1n) is 13.4. The first-order valence-corrected chi connectivity index (χ1v) is 13.4.